The SMILES string of the molecule is CCOc1ccc(C(=O)C[N+]2=C(C)c3ccc(C)n3CC2)cc1.[Br-]. The minimum absolute atomic E-state index is 0. The second kappa shape index (κ2) is 7.79. The second-order valence-electron chi connectivity index (χ2n) is 5.90. The van der Waals surface area contributed by atoms with Gasteiger partial charge in [0.15, 0.2) is 12.3 Å². The molecule has 0 amide bonds. The molecule has 2 heterocycles. The Morgan fingerprint density at radius 3 is 2.54 bits per heavy atom. The molecular weight excluding hydrogens is 368 g/mol. The summed E-state index contributed by atoms with van der Waals surface area (Å²) in [4.78, 5) is 12.5. The van der Waals surface area contributed by atoms with Gasteiger partial charge in [-0.3, -0.25) is 4.79 Å². The number of ether oxygens (including phenoxy) is 1. The van der Waals surface area contributed by atoms with E-state index in [1.807, 2.05) is 31.2 Å². The molecule has 1 aliphatic rings. The van der Waals surface area contributed by atoms with Gasteiger partial charge in [0.25, 0.3) is 0 Å². The van der Waals surface area contributed by atoms with Crippen LogP contribution in [0.15, 0.2) is 36.4 Å². The number of nitrogens with zero attached hydrogens (tertiary/aromatic N) is 2. The van der Waals surface area contributed by atoms with Gasteiger partial charge in [0.2, 0.25) is 12.3 Å². The van der Waals surface area contributed by atoms with Crippen LogP contribution in [-0.2, 0) is 6.54 Å². The van der Waals surface area contributed by atoms with E-state index in [2.05, 4.69) is 35.1 Å². The number of aromatic nitrogens is 1. The Morgan fingerprint density at radius 1 is 1.17 bits per heavy atom. The van der Waals surface area contributed by atoms with E-state index in [1.54, 1.807) is 0 Å². The second-order valence-corrected chi connectivity index (χ2v) is 5.90. The number of aryl methyl sites for hydroxylation is 1. The lowest BCUT2D eigenvalue weighted by Gasteiger charge is -2.17. The zero-order valence-electron chi connectivity index (χ0n) is 14.4. The largest absolute Gasteiger partial charge is 1.00 e. The molecule has 1 aliphatic heterocycles. The van der Waals surface area contributed by atoms with Crippen molar-refractivity contribution < 1.29 is 31.1 Å². The number of fused-ring (bicyclic) bond motifs is 1. The Labute approximate surface area is 153 Å². The highest BCUT2D eigenvalue weighted by Gasteiger charge is 2.25. The molecule has 128 valence electrons. The van der Waals surface area contributed by atoms with Crippen molar-refractivity contribution in [3.05, 3.63) is 53.3 Å². The van der Waals surface area contributed by atoms with Crippen LogP contribution < -0.4 is 21.7 Å². The maximum absolute atomic E-state index is 12.5. The molecule has 0 saturated heterocycles. The number of halogens is 1. The summed E-state index contributed by atoms with van der Waals surface area (Å²) >= 11 is 0. The van der Waals surface area contributed by atoms with Gasteiger partial charge in [0.05, 0.1) is 13.2 Å². The van der Waals surface area contributed by atoms with Gasteiger partial charge in [-0.25, -0.2) is 4.58 Å². The van der Waals surface area contributed by atoms with E-state index in [0.717, 1.165) is 24.4 Å². The zero-order chi connectivity index (χ0) is 16.4. The molecule has 0 radical (unpaired) electrons. The molecule has 0 spiro atoms. The number of benzene rings is 1. The molecule has 24 heavy (non-hydrogen) atoms. The average Bonchev–Trinajstić information content (AvgIpc) is 2.93. The average molecular weight is 391 g/mol. The Kier molecular flexibility index (Phi) is 5.99. The summed E-state index contributed by atoms with van der Waals surface area (Å²) < 4.78 is 9.91. The third-order valence-corrected chi connectivity index (χ3v) is 4.46. The number of hydrogen-bond acceptors (Lipinski definition) is 2. The predicted octanol–water partition coefficient (Wildman–Crippen LogP) is -0.0828. The lowest BCUT2D eigenvalue weighted by molar-refractivity contribution is -0.518. The number of carbonyl (C=O) groups excluding carboxylic acids is 1. The first-order valence-corrected chi connectivity index (χ1v) is 8.11. The molecule has 0 unspecified atom stereocenters. The van der Waals surface area contributed by atoms with Gasteiger partial charge in [-0.05, 0) is 50.2 Å². The summed E-state index contributed by atoms with van der Waals surface area (Å²) in [6.07, 6.45) is 0. The van der Waals surface area contributed by atoms with Crippen LogP contribution in [0.1, 0.15) is 35.6 Å². The third-order valence-electron chi connectivity index (χ3n) is 4.46. The van der Waals surface area contributed by atoms with Crippen molar-refractivity contribution >= 4 is 11.5 Å². The molecule has 5 heteroatoms. The van der Waals surface area contributed by atoms with E-state index in [0.29, 0.717) is 13.2 Å². The highest BCUT2D eigenvalue weighted by Crippen LogP contribution is 2.15. The molecule has 0 N–H and O–H groups in total. The number of hydrogen-bond donors (Lipinski definition) is 0. The van der Waals surface area contributed by atoms with E-state index in [1.165, 1.54) is 17.1 Å². The van der Waals surface area contributed by atoms with Gasteiger partial charge in [-0.1, -0.05) is 0 Å². The predicted molar refractivity (Wildman–Crippen MR) is 90.9 cm³/mol. The summed E-state index contributed by atoms with van der Waals surface area (Å²) in [6.45, 7) is 9.02. The quantitative estimate of drug-likeness (QED) is 0.528. The Bertz CT molecular complexity index is 760. The highest BCUT2D eigenvalue weighted by molar-refractivity contribution is 5.99. The third kappa shape index (κ3) is 3.61. The normalized spacial score (nSPS) is 13.3. The van der Waals surface area contributed by atoms with Gasteiger partial charge in [0.1, 0.15) is 11.4 Å². The molecule has 1 aromatic carbocycles. The van der Waals surface area contributed by atoms with E-state index in [9.17, 15) is 4.79 Å². The van der Waals surface area contributed by atoms with Crippen molar-refractivity contribution in [2.45, 2.75) is 27.3 Å². The van der Waals surface area contributed by atoms with Crippen molar-refractivity contribution in [1.29, 1.82) is 0 Å². The van der Waals surface area contributed by atoms with Gasteiger partial charge >= 0.3 is 0 Å². The fraction of sp³-hybridized carbons (Fsp3) is 0.368. The molecule has 2 aromatic rings. The molecule has 0 saturated carbocycles. The lowest BCUT2D eigenvalue weighted by atomic mass is 10.1. The van der Waals surface area contributed by atoms with Crippen molar-refractivity contribution in [3.8, 4) is 5.75 Å². The fourth-order valence-corrected chi connectivity index (χ4v) is 3.10. The van der Waals surface area contributed by atoms with Crippen LogP contribution in [0.25, 0.3) is 0 Å². The molecule has 1 aromatic heterocycles. The minimum Gasteiger partial charge on any atom is -1.00 e. The van der Waals surface area contributed by atoms with Crippen molar-refractivity contribution in [2.75, 3.05) is 19.7 Å². The maximum atomic E-state index is 12.5. The monoisotopic (exact) mass is 390 g/mol. The van der Waals surface area contributed by atoms with Crippen LogP contribution in [0.3, 0.4) is 0 Å². The number of rotatable bonds is 5. The minimum atomic E-state index is 0. The van der Waals surface area contributed by atoms with Gasteiger partial charge in [-0.2, -0.15) is 0 Å². The standard InChI is InChI=1S/C19H23N2O2.BrH/c1-4-23-17-8-6-16(7-9-17)19(22)13-20-11-12-21-14(2)5-10-18(21)15(20)3;/h5-10H,4,11-13H2,1-3H3;1H/q+1;/p-1. The Hall–Kier alpha value is -1.88. The molecule has 4 nitrogen and oxygen atoms in total. The van der Waals surface area contributed by atoms with E-state index < -0.39 is 0 Å². The van der Waals surface area contributed by atoms with E-state index in [-0.39, 0.29) is 22.8 Å². The van der Waals surface area contributed by atoms with Crippen LogP contribution in [-0.4, -0.2) is 40.3 Å². The summed E-state index contributed by atoms with van der Waals surface area (Å²) in [6, 6.07) is 11.7. The lowest BCUT2D eigenvalue weighted by Crippen LogP contribution is -3.00. The first-order chi connectivity index (χ1) is 11.1. The molecule has 0 aliphatic carbocycles. The van der Waals surface area contributed by atoms with Crippen LogP contribution in [0.5, 0.6) is 5.75 Å². The summed E-state index contributed by atoms with van der Waals surface area (Å²) in [7, 11) is 0. The summed E-state index contributed by atoms with van der Waals surface area (Å²) in [5, 5.41) is 0. The smallest absolute Gasteiger partial charge is 0.227 e. The topological polar surface area (TPSA) is 34.2 Å². The summed E-state index contributed by atoms with van der Waals surface area (Å²) in [5.41, 5.74) is 4.40. The van der Waals surface area contributed by atoms with Crippen LogP contribution >= 0.6 is 0 Å². The van der Waals surface area contributed by atoms with Crippen molar-refractivity contribution in [2.24, 2.45) is 0 Å². The molecule has 0 atom stereocenters. The van der Waals surface area contributed by atoms with E-state index in [4.69, 9.17) is 4.74 Å². The summed E-state index contributed by atoms with van der Waals surface area (Å²) in [5.74, 6) is 0.946. The molecule has 0 fully saturated rings. The molecular formula is C19H23BrN2O2. The first kappa shape index (κ1) is 18.5. The van der Waals surface area contributed by atoms with Crippen LogP contribution in [0.4, 0.5) is 0 Å². The van der Waals surface area contributed by atoms with Gasteiger partial charge < -0.3 is 26.3 Å². The van der Waals surface area contributed by atoms with Crippen molar-refractivity contribution in [1.82, 2.24) is 4.57 Å². The number of carbonyl (C=O) groups is 1. The first-order valence-electron chi connectivity index (χ1n) is 8.11. The Morgan fingerprint density at radius 2 is 1.88 bits per heavy atom. The maximum Gasteiger partial charge on any atom is 0.227 e. The Balaban J connectivity index is 0.00000208. The zero-order valence-corrected chi connectivity index (χ0v) is 16.0. The highest BCUT2D eigenvalue weighted by atomic mass is 79.9. The van der Waals surface area contributed by atoms with Crippen molar-refractivity contribution in [3.63, 3.8) is 0 Å². The van der Waals surface area contributed by atoms with Crippen LogP contribution in [0.2, 0.25) is 0 Å². The van der Waals surface area contributed by atoms with Gasteiger partial charge in [0, 0.05) is 18.2 Å². The number of ketones is 1. The number of Topliss-reactive ketones (excluding diaryl/α,β-unsaturated/α-hetero) is 1. The molecule has 3 rings (SSSR count). The fourth-order valence-electron chi connectivity index (χ4n) is 3.10. The molecule has 0 bridgehead atoms. The van der Waals surface area contributed by atoms with Crippen LogP contribution in [0, 0.1) is 6.92 Å². The van der Waals surface area contributed by atoms with E-state index >= 15 is 0 Å². The van der Waals surface area contributed by atoms with Gasteiger partial charge in [-0.15, -0.1) is 0 Å².